The molecule has 0 spiro atoms. The van der Waals surface area contributed by atoms with Crippen molar-refractivity contribution in [3.8, 4) is 11.8 Å². The number of methoxy groups -OCH3 is 1. The van der Waals surface area contributed by atoms with Gasteiger partial charge in [-0.15, -0.1) is 0 Å². The van der Waals surface area contributed by atoms with Crippen molar-refractivity contribution in [3.05, 3.63) is 74.8 Å². The molecule has 0 saturated carbocycles. The lowest BCUT2D eigenvalue weighted by Gasteiger charge is -2.06. The summed E-state index contributed by atoms with van der Waals surface area (Å²) in [5, 5.41) is 22.6. The quantitative estimate of drug-likeness (QED) is 0.135. The van der Waals surface area contributed by atoms with Gasteiger partial charge in [-0.25, -0.2) is 4.79 Å². The summed E-state index contributed by atoms with van der Waals surface area (Å²) in [4.78, 5) is 34.6. The fourth-order valence-corrected chi connectivity index (χ4v) is 2.46. The van der Waals surface area contributed by atoms with Crippen molar-refractivity contribution in [3.63, 3.8) is 0 Å². The molecule has 0 saturated heterocycles. The number of ether oxygens (including phenoxy) is 2. The van der Waals surface area contributed by atoms with Crippen molar-refractivity contribution >= 4 is 23.6 Å². The Kier molecular flexibility index (Phi) is 7.79. The van der Waals surface area contributed by atoms with Gasteiger partial charge >= 0.3 is 5.97 Å². The van der Waals surface area contributed by atoms with E-state index in [-0.39, 0.29) is 29.1 Å². The molecule has 0 radical (unpaired) electrons. The van der Waals surface area contributed by atoms with Gasteiger partial charge in [0, 0.05) is 25.3 Å². The van der Waals surface area contributed by atoms with E-state index in [0.717, 1.165) is 0 Å². The third kappa shape index (κ3) is 5.98. The molecule has 1 amide bonds. The van der Waals surface area contributed by atoms with Gasteiger partial charge in [-0.1, -0.05) is 12.1 Å². The fraction of sp³-hybridized carbons (Fsp3) is 0.190. The number of aryl methyl sites for hydroxylation is 1. The molecule has 1 N–H and O–H groups in total. The molecule has 0 heterocycles. The highest BCUT2D eigenvalue weighted by molar-refractivity contribution is 6.01. The maximum atomic E-state index is 12.3. The van der Waals surface area contributed by atoms with Gasteiger partial charge in [-0.3, -0.25) is 14.9 Å². The van der Waals surface area contributed by atoms with Gasteiger partial charge in [0.1, 0.15) is 17.4 Å². The maximum Gasteiger partial charge on any atom is 0.343 e. The number of nitro benzene ring substituents is 1. The van der Waals surface area contributed by atoms with Gasteiger partial charge in [0.2, 0.25) is 0 Å². The smallest absolute Gasteiger partial charge is 0.343 e. The van der Waals surface area contributed by atoms with Gasteiger partial charge < -0.3 is 14.8 Å². The number of carbonyl (C=O) groups excluding carboxylic acids is 2. The molecule has 0 bridgehead atoms. The molecule has 9 nitrogen and oxygen atoms in total. The zero-order valence-corrected chi connectivity index (χ0v) is 16.4. The van der Waals surface area contributed by atoms with Crippen LogP contribution in [-0.4, -0.2) is 37.1 Å². The van der Waals surface area contributed by atoms with Crippen molar-refractivity contribution in [2.24, 2.45) is 0 Å². The van der Waals surface area contributed by atoms with Crippen LogP contribution in [0.1, 0.15) is 21.5 Å². The van der Waals surface area contributed by atoms with Crippen LogP contribution in [0.15, 0.2) is 48.0 Å². The van der Waals surface area contributed by atoms with Crippen LogP contribution < -0.4 is 10.1 Å². The molecule has 0 aliphatic rings. The summed E-state index contributed by atoms with van der Waals surface area (Å²) in [6.45, 7) is 2.15. The third-order valence-corrected chi connectivity index (χ3v) is 3.99. The number of nitriles is 1. The van der Waals surface area contributed by atoms with E-state index < -0.39 is 16.8 Å². The SMILES string of the molecule is COCCNC(=O)/C(C#N)=C/c1ccc(OC(=O)c2ccc([N+](=O)[O-])c(C)c2)cc1. The van der Waals surface area contributed by atoms with Crippen molar-refractivity contribution < 1.29 is 24.0 Å². The molecular formula is C21H19N3O6. The second-order valence-electron chi connectivity index (χ2n) is 6.14. The molecule has 0 unspecified atom stereocenters. The number of nitro groups is 1. The monoisotopic (exact) mass is 409 g/mol. The maximum absolute atomic E-state index is 12.3. The van der Waals surface area contributed by atoms with Crippen LogP contribution in [0.25, 0.3) is 6.08 Å². The topological polar surface area (TPSA) is 132 Å². The minimum atomic E-state index is -0.661. The Balaban J connectivity index is 2.07. The Labute approximate surface area is 172 Å². The Hall–Kier alpha value is -4.03. The minimum Gasteiger partial charge on any atom is -0.423 e. The Bertz CT molecular complexity index is 1020. The van der Waals surface area contributed by atoms with Crippen molar-refractivity contribution in [2.45, 2.75) is 6.92 Å². The van der Waals surface area contributed by atoms with Gasteiger partial charge in [0.15, 0.2) is 0 Å². The lowest BCUT2D eigenvalue weighted by molar-refractivity contribution is -0.385. The highest BCUT2D eigenvalue weighted by Crippen LogP contribution is 2.21. The molecule has 0 fully saturated rings. The lowest BCUT2D eigenvalue weighted by atomic mass is 10.1. The van der Waals surface area contributed by atoms with Gasteiger partial charge in [-0.2, -0.15) is 5.26 Å². The number of nitrogens with zero attached hydrogens (tertiary/aromatic N) is 2. The van der Waals surface area contributed by atoms with E-state index in [0.29, 0.717) is 17.7 Å². The molecule has 30 heavy (non-hydrogen) atoms. The zero-order chi connectivity index (χ0) is 22.1. The lowest BCUT2D eigenvalue weighted by Crippen LogP contribution is -2.27. The molecule has 154 valence electrons. The average Bonchev–Trinajstić information content (AvgIpc) is 2.72. The second-order valence-corrected chi connectivity index (χ2v) is 6.14. The van der Waals surface area contributed by atoms with Crippen molar-refractivity contribution in [1.29, 1.82) is 5.26 Å². The molecular weight excluding hydrogens is 390 g/mol. The molecule has 0 aromatic heterocycles. The normalized spacial score (nSPS) is 10.8. The van der Waals surface area contributed by atoms with Gasteiger partial charge in [0.05, 0.1) is 17.1 Å². The summed E-state index contributed by atoms with van der Waals surface area (Å²) in [5.74, 6) is -0.929. The molecule has 0 atom stereocenters. The number of amides is 1. The van der Waals surface area contributed by atoms with Crippen LogP contribution in [0, 0.1) is 28.4 Å². The molecule has 9 heteroatoms. The average molecular weight is 409 g/mol. The molecule has 2 aromatic carbocycles. The summed E-state index contributed by atoms with van der Waals surface area (Å²) in [6, 6.07) is 12.0. The van der Waals surface area contributed by atoms with Crippen LogP contribution >= 0.6 is 0 Å². The van der Waals surface area contributed by atoms with E-state index >= 15 is 0 Å². The molecule has 0 aliphatic carbocycles. The van der Waals surface area contributed by atoms with Crippen molar-refractivity contribution in [1.82, 2.24) is 5.32 Å². The van der Waals surface area contributed by atoms with E-state index in [2.05, 4.69) is 5.32 Å². The summed E-state index contributed by atoms with van der Waals surface area (Å²) in [7, 11) is 1.50. The van der Waals surface area contributed by atoms with Crippen molar-refractivity contribution in [2.75, 3.05) is 20.3 Å². The minimum absolute atomic E-state index is 0.0720. The summed E-state index contributed by atoms with van der Waals surface area (Å²) in [5.41, 5.74) is 0.947. The van der Waals surface area contributed by atoms with Crippen LogP contribution in [-0.2, 0) is 9.53 Å². The molecule has 2 rings (SSSR count). The Morgan fingerprint density at radius 1 is 1.23 bits per heavy atom. The Morgan fingerprint density at radius 3 is 2.50 bits per heavy atom. The number of carbonyl (C=O) groups is 2. The highest BCUT2D eigenvalue weighted by Gasteiger charge is 2.15. The predicted molar refractivity (Wildman–Crippen MR) is 108 cm³/mol. The number of benzene rings is 2. The largest absolute Gasteiger partial charge is 0.423 e. The fourth-order valence-electron chi connectivity index (χ4n) is 2.46. The second kappa shape index (κ2) is 10.5. The van der Waals surface area contributed by atoms with Gasteiger partial charge in [0.25, 0.3) is 11.6 Å². The zero-order valence-electron chi connectivity index (χ0n) is 16.4. The first-order valence-electron chi connectivity index (χ1n) is 8.82. The van der Waals surface area contributed by atoms with Crippen LogP contribution in [0.3, 0.4) is 0 Å². The summed E-state index contributed by atoms with van der Waals surface area (Å²) in [6.07, 6.45) is 1.41. The van der Waals surface area contributed by atoms with E-state index in [1.54, 1.807) is 12.1 Å². The third-order valence-electron chi connectivity index (χ3n) is 3.99. The predicted octanol–water partition coefficient (Wildman–Crippen LogP) is 2.79. The molecule has 2 aromatic rings. The summed E-state index contributed by atoms with van der Waals surface area (Å²) >= 11 is 0. The van der Waals surface area contributed by atoms with E-state index in [9.17, 15) is 19.7 Å². The number of rotatable bonds is 8. The molecule has 0 aliphatic heterocycles. The highest BCUT2D eigenvalue weighted by atomic mass is 16.6. The van der Waals surface area contributed by atoms with Crippen LogP contribution in [0.5, 0.6) is 5.75 Å². The Morgan fingerprint density at radius 2 is 1.93 bits per heavy atom. The van der Waals surface area contributed by atoms with Gasteiger partial charge in [-0.05, 0) is 42.8 Å². The number of hydrogen-bond donors (Lipinski definition) is 1. The number of esters is 1. The first kappa shape index (κ1) is 22.3. The summed E-state index contributed by atoms with van der Waals surface area (Å²) < 4.78 is 10.1. The van der Waals surface area contributed by atoms with E-state index in [1.807, 2.05) is 6.07 Å². The van der Waals surface area contributed by atoms with Crippen LogP contribution in [0.4, 0.5) is 5.69 Å². The first-order valence-corrected chi connectivity index (χ1v) is 8.82. The number of nitrogens with one attached hydrogen (secondary N) is 1. The first-order chi connectivity index (χ1) is 14.3. The van der Waals surface area contributed by atoms with E-state index in [4.69, 9.17) is 14.7 Å². The number of hydrogen-bond acceptors (Lipinski definition) is 7. The van der Waals surface area contributed by atoms with E-state index in [1.165, 1.54) is 50.4 Å². The standard InChI is InChI=1S/C21H19N3O6/c1-14-11-16(5-8-19(14)24(27)28)21(26)30-18-6-3-15(4-7-18)12-17(13-22)20(25)23-9-10-29-2/h3-8,11-12H,9-10H2,1-2H3,(H,23,25)/b17-12+. The van der Waals surface area contributed by atoms with Crippen LogP contribution in [0.2, 0.25) is 0 Å².